The Kier molecular flexibility index (Phi) is 11.1. The summed E-state index contributed by atoms with van der Waals surface area (Å²) < 4.78 is 0.841. The molecule has 46 heavy (non-hydrogen) atoms. The molecule has 5 aromatic rings. The average Bonchev–Trinajstić information content (AvgIpc) is 3.07. The van der Waals surface area contributed by atoms with E-state index in [1.54, 1.807) is 54.6 Å². The van der Waals surface area contributed by atoms with Crippen molar-refractivity contribution in [2.45, 2.75) is 17.1 Å². The minimum absolute atomic E-state index is 0.0857. The van der Waals surface area contributed by atoms with E-state index in [1.165, 1.54) is 11.8 Å². The molecule has 0 radical (unpaired) electrons. The van der Waals surface area contributed by atoms with Crippen LogP contribution in [0.15, 0.2) is 142 Å². The first-order chi connectivity index (χ1) is 22.3. The number of hydrogen-bond donors (Lipinski definition) is 3. The first-order valence-electron chi connectivity index (χ1n) is 14.3. The number of carbonyl (C=O) groups excluding carboxylic acids is 3. The van der Waals surface area contributed by atoms with Gasteiger partial charge in [0.05, 0.1) is 0 Å². The first-order valence-corrected chi connectivity index (χ1v) is 16.3. The van der Waals surface area contributed by atoms with Crippen LogP contribution in [0.4, 0.5) is 11.4 Å². The summed E-state index contributed by atoms with van der Waals surface area (Å²) in [4.78, 5) is 40.8. The van der Waals surface area contributed by atoms with Gasteiger partial charge in [0.25, 0.3) is 11.8 Å². The Labute approximate surface area is 285 Å². The largest absolute Gasteiger partial charge is 0.325 e. The highest BCUT2D eigenvalue weighted by atomic mass is 79.9. The number of rotatable bonds is 10. The molecule has 0 saturated heterocycles. The van der Waals surface area contributed by atoms with E-state index in [2.05, 4.69) is 31.9 Å². The molecule has 1 unspecified atom stereocenters. The molecule has 0 fully saturated rings. The molecule has 0 aromatic heterocycles. The molecule has 1 atom stereocenters. The number of anilines is 2. The predicted octanol–water partition coefficient (Wildman–Crippen LogP) is 9.29. The van der Waals surface area contributed by atoms with E-state index >= 15 is 0 Å². The lowest BCUT2D eigenvalue weighted by Crippen LogP contribution is -2.30. The highest BCUT2D eigenvalue weighted by Gasteiger charge is 2.23. The normalized spacial score (nSPS) is 11.8. The summed E-state index contributed by atoms with van der Waals surface area (Å²) >= 11 is 11.1. The zero-order chi connectivity index (χ0) is 32.5. The molecule has 230 valence electrons. The molecule has 5 rings (SSSR count). The fraction of sp³-hybridized carbons (Fsp3) is 0.0541. The van der Waals surface area contributed by atoms with Gasteiger partial charge in [0, 0.05) is 31.3 Å². The van der Waals surface area contributed by atoms with Crippen LogP contribution in [-0.4, -0.2) is 17.7 Å². The second kappa shape index (κ2) is 15.6. The standard InChI is InChI=1S/C37H29BrClN3O3S/c1-24-31(39)16-9-17-32(24)41-37(45)34(26-11-4-2-5-12-26)46-30-20-18-29(19-21-30)40-36(44)33(23-25-10-8-15-28(38)22-25)42-35(43)27-13-6-3-7-14-27/h2-23,34H,1H3,(H,40,44)(H,41,45)(H,42,43)/b33-23-. The van der Waals surface area contributed by atoms with Gasteiger partial charge in [-0.3, -0.25) is 14.4 Å². The smallest absolute Gasteiger partial charge is 0.272 e. The van der Waals surface area contributed by atoms with Crippen LogP contribution in [0.5, 0.6) is 0 Å². The third-order valence-electron chi connectivity index (χ3n) is 6.92. The molecule has 0 aliphatic rings. The zero-order valence-corrected chi connectivity index (χ0v) is 27.8. The molecule has 0 spiro atoms. The Morgan fingerprint density at radius 3 is 2.15 bits per heavy atom. The summed E-state index contributed by atoms with van der Waals surface area (Å²) in [6, 6.07) is 38.3. The van der Waals surface area contributed by atoms with Crippen molar-refractivity contribution >= 4 is 74.5 Å². The molecule has 0 aliphatic carbocycles. The number of hydrogen-bond acceptors (Lipinski definition) is 4. The van der Waals surface area contributed by atoms with Crippen molar-refractivity contribution in [3.8, 4) is 0 Å². The number of carbonyl (C=O) groups is 3. The lowest BCUT2D eigenvalue weighted by Gasteiger charge is -2.18. The summed E-state index contributed by atoms with van der Waals surface area (Å²) in [5.74, 6) is -1.07. The van der Waals surface area contributed by atoms with Gasteiger partial charge in [-0.15, -0.1) is 11.8 Å². The fourth-order valence-corrected chi connectivity index (χ4v) is 6.11. The summed E-state index contributed by atoms with van der Waals surface area (Å²) in [5, 5.41) is 8.69. The molecule has 9 heteroatoms. The van der Waals surface area contributed by atoms with Gasteiger partial charge in [-0.1, -0.05) is 94.3 Å². The Morgan fingerprint density at radius 2 is 1.46 bits per heavy atom. The van der Waals surface area contributed by atoms with Crippen LogP contribution in [0.25, 0.3) is 6.08 Å². The maximum atomic E-state index is 13.6. The Hall–Kier alpha value is -4.63. The highest BCUT2D eigenvalue weighted by Crippen LogP contribution is 2.37. The van der Waals surface area contributed by atoms with Gasteiger partial charge in [0.2, 0.25) is 5.91 Å². The molecule has 3 N–H and O–H groups in total. The van der Waals surface area contributed by atoms with Crippen LogP contribution < -0.4 is 16.0 Å². The van der Waals surface area contributed by atoms with Gasteiger partial charge in [-0.2, -0.15) is 0 Å². The van der Waals surface area contributed by atoms with Crippen molar-refractivity contribution in [3.63, 3.8) is 0 Å². The number of nitrogens with one attached hydrogen (secondary N) is 3. The lowest BCUT2D eigenvalue weighted by atomic mass is 10.1. The maximum absolute atomic E-state index is 13.6. The molecular formula is C37H29BrClN3O3S. The lowest BCUT2D eigenvalue weighted by molar-refractivity contribution is -0.116. The quantitative estimate of drug-likeness (QED) is 0.0996. The Bertz CT molecular complexity index is 1880. The molecule has 0 saturated carbocycles. The van der Waals surface area contributed by atoms with Crippen LogP contribution in [0.1, 0.15) is 32.3 Å². The molecule has 5 aromatic carbocycles. The van der Waals surface area contributed by atoms with Gasteiger partial charge in [0.1, 0.15) is 10.9 Å². The topological polar surface area (TPSA) is 87.3 Å². The number of amides is 3. The van der Waals surface area contributed by atoms with Crippen molar-refractivity contribution in [2.75, 3.05) is 10.6 Å². The van der Waals surface area contributed by atoms with E-state index in [1.807, 2.05) is 85.8 Å². The van der Waals surface area contributed by atoms with Gasteiger partial charge < -0.3 is 16.0 Å². The van der Waals surface area contributed by atoms with Crippen molar-refractivity contribution in [1.82, 2.24) is 5.32 Å². The average molecular weight is 711 g/mol. The minimum Gasteiger partial charge on any atom is -0.325 e. The zero-order valence-electron chi connectivity index (χ0n) is 24.7. The number of thioether (sulfide) groups is 1. The van der Waals surface area contributed by atoms with E-state index in [0.29, 0.717) is 22.0 Å². The van der Waals surface area contributed by atoms with Gasteiger partial charge in [0.15, 0.2) is 0 Å². The molecule has 0 bridgehead atoms. The van der Waals surface area contributed by atoms with Gasteiger partial charge in [-0.05, 0) is 90.4 Å². The van der Waals surface area contributed by atoms with Gasteiger partial charge in [-0.25, -0.2) is 0 Å². The SMILES string of the molecule is Cc1c(Cl)cccc1NC(=O)C(Sc1ccc(NC(=O)/C(=C/c2cccc(Br)c2)NC(=O)c2ccccc2)cc1)c1ccccc1. The molecular weight excluding hydrogens is 682 g/mol. The van der Waals surface area contributed by atoms with Crippen LogP contribution in [0, 0.1) is 6.92 Å². The van der Waals surface area contributed by atoms with Crippen molar-refractivity contribution < 1.29 is 14.4 Å². The van der Waals surface area contributed by atoms with E-state index < -0.39 is 17.1 Å². The highest BCUT2D eigenvalue weighted by molar-refractivity contribution is 9.10. The monoisotopic (exact) mass is 709 g/mol. The van der Waals surface area contributed by atoms with E-state index in [4.69, 9.17) is 11.6 Å². The second-order valence-corrected chi connectivity index (χ2v) is 12.7. The molecule has 3 amide bonds. The maximum Gasteiger partial charge on any atom is 0.272 e. The van der Waals surface area contributed by atoms with Crippen LogP contribution >= 0.6 is 39.3 Å². The first kappa shape index (κ1) is 32.8. The predicted molar refractivity (Wildman–Crippen MR) is 191 cm³/mol. The summed E-state index contributed by atoms with van der Waals surface area (Å²) in [5.41, 5.74) is 4.07. The fourth-order valence-electron chi connectivity index (χ4n) is 4.50. The van der Waals surface area contributed by atoms with Crippen molar-refractivity contribution in [3.05, 3.63) is 165 Å². The number of halogens is 2. The van der Waals surface area contributed by atoms with Crippen LogP contribution in [-0.2, 0) is 9.59 Å². The molecule has 6 nitrogen and oxygen atoms in total. The summed E-state index contributed by atoms with van der Waals surface area (Å²) in [6.45, 7) is 1.86. The third-order valence-corrected chi connectivity index (χ3v) is 9.09. The Morgan fingerprint density at radius 1 is 0.783 bits per heavy atom. The van der Waals surface area contributed by atoms with Crippen LogP contribution in [0.2, 0.25) is 5.02 Å². The van der Waals surface area contributed by atoms with Crippen LogP contribution in [0.3, 0.4) is 0 Å². The molecule has 0 aliphatic heterocycles. The second-order valence-electron chi connectivity index (χ2n) is 10.2. The summed E-state index contributed by atoms with van der Waals surface area (Å²) in [7, 11) is 0. The van der Waals surface area contributed by atoms with E-state index in [9.17, 15) is 14.4 Å². The van der Waals surface area contributed by atoms with E-state index in [0.717, 1.165) is 26.1 Å². The Balaban J connectivity index is 1.33. The number of benzene rings is 5. The van der Waals surface area contributed by atoms with E-state index in [-0.39, 0.29) is 11.6 Å². The van der Waals surface area contributed by atoms with Crippen molar-refractivity contribution in [2.24, 2.45) is 0 Å². The van der Waals surface area contributed by atoms with Crippen molar-refractivity contribution in [1.29, 1.82) is 0 Å². The molecule has 0 heterocycles. The minimum atomic E-state index is -0.548. The summed E-state index contributed by atoms with van der Waals surface area (Å²) in [6.07, 6.45) is 1.62. The van der Waals surface area contributed by atoms with Gasteiger partial charge >= 0.3 is 0 Å². The third kappa shape index (κ3) is 8.75.